The van der Waals surface area contributed by atoms with Gasteiger partial charge in [-0.3, -0.25) is 29.0 Å². The van der Waals surface area contributed by atoms with E-state index in [0.29, 0.717) is 22.3 Å². The summed E-state index contributed by atoms with van der Waals surface area (Å²) in [4.78, 5) is 86.0. The van der Waals surface area contributed by atoms with Crippen LogP contribution in [0.1, 0.15) is 68.0 Å². The predicted molar refractivity (Wildman–Crippen MR) is 226 cm³/mol. The summed E-state index contributed by atoms with van der Waals surface area (Å²) in [5.41, 5.74) is 3.57. The molecule has 0 aliphatic carbocycles. The van der Waals surface area contributed by atoms with Crippen LogP contribution in [0, 0.1) is 17.2 Å². The van der Waals surface area contributed by atoms with E-state index in [1.807, 2.05) is 50.2 Å². The Morgan fingerprint density at radius 1 is 0.738 bits per heavy atom. The Hall–Kier alpha value is -7.11. The Morgan fingerprint density at radius 2 is 1.44 bits per heavy atom. The second-order valence-electron chi connectivity index (χ2n) is 14.3. The van der Waals surface area contributed by atoms with Gasteiger partial charge in [0.05, 0.1) is 24.3 Å². The normalized spacial score (nSPS) is 12.0. The number of nitrogens with zero attached hydrogens (tertiary/aromatic N) is 1. The number of rotatable bonds is 17. The van der Waals surface area contributed by atoms with E-state index in [4.69, 9.17) is 4.74 Å². The van der Waals surface area contributed by atoms with Gasteiger partial charge in [-0.1, -0.05) is 68.4 Å². The van der Waals surface area contributed by atoms with Crippen LogP contribution >= 0.6 is 7.82 Å². The Morgan fingerprint density at radius 3 is 2.08 bits per heavy atom. The molecule has 16 heteroatoms. The number of carbonyl (C=O) groups excluding carboxylic acids is 5. The minimum atomic E-state index is -4.83. The molecule has 6 N–H and O–H groups in total. The van der Waals surface area contributed by atoms with E-state index in [2.05, 4.69) is 25.8 Å². The Kier molecular flexibility index (Phi) is 15.3. The van der Waals surface area contributed by atoms with Gasteiger partial charge in [-0.2, -0.15) is 5.26 Å². The number of anilines is 1. The lowest BCUT2D eigenvalue weighted by atomic mass is 9.96. The fraction of sp³-hybridized carbons (Fsp3) is 0.200. The third-order valence-corrected chi connectivity index (χ3v) is 9.70. The minimum Gasteiger partial charge on any atom is -0.465 e. The van der Waals surface area contributed by atoms with E-state index in [1.54, 1.807) is 42.5 Å². The standard InChI is InChI=1S/C45H44N5O10P/c1-28(2)22-39(50-44(54)40(49-41(51)32-16-12-30(26-46)13-17-32)23-29-14-19-36(20-15-29)60-61(56,57)58)43(53)48-35-18-21-37(42(52)47-27-31-8-5-4-6-9-31)38(25-35)33-10-7-11-34(24-33)45(55)59-3/h4-21,24-25,28,39-40H,22-23,27H2,1-3H3,(H,47,52)(H,48,53)(H,49,51)(H,50,54)(H2,56,57,58)/t39-,40-/m0/s1. The molecule has 0 aliphatic heterocycles. The number of hydrogen-bond donors (Lipinski definition) is 6. The average Bonchev–Trinajstić information content (AvgIpc) is 3.25. The van der Waals surface area contributed by atoms with Gasteiger partial charge in [-0.25, -0.2) is 9.36 Å². The van der Waals surface area contributed by atoms with Crippen molar-refractivity contribution in [2.24, 2.45) is 5.92 Å². The number of hydrogen-bond acceptors (Lipinski definition) is 9. The maximum absolute atomic E-state index is 14.1. The molecule has 314 valence electrons. The maximum Gasteiger partial charge on any atom is 0.524 e. The lowest BCUT2D eigenvalue weighted by Gasteiger charge is -2.25. The SMILES string of the molecule is COC(=O)c1cccc(-c2cc(NC(=O)[C@H](CC(C)C)NC(=O)[C@H](Cc3ccc(OP(=O)(O)O)cc3)NC(=O)c3ccc(C#N)cc3)ccc2C(=O)NCc2ccccc2)c1. The van der Waals surface area contributed by atoms with Crippen molar-refractivity contribution in [3.63, 3.8) is 0 Å². The van der Waals surface area contributed by atoms with E-state index in [1.165, 1.54) is 55.6 Å². The highest BCUT2D eigenvalue weighted by Crippen LogP contribution is 2.37. The van der Waals surface area contributed by atoms with Crippen LogP contribution in [-0.4, -0.2) is 58.6 Å². The number of benzene rings is 5. The maximum atomic E-state index is 14.1. The molecule has 5 rings (SSSR count). The first kappa shape index (κ1) is 45.0. The second kappa shape index (κ2) is 20.7. The molecule has 5 aromatic carbocycles. The zero-order chi connectivity index (χ0) is 44.1. The van der Waals surface area contributed by atoms with Crippen molar-refractivity contribution in [3.8, 4) is 22.9 Å². The minimum absolute atomic E-state index is 0.0865. The fourth-order valence-electron chi connectivity index (χ4n) is 6.27. The molecular weight excluding hydrogens is 801 g/mol. The predicted octanol–water partition coefficient (Wildman–Crippen LogP) is 5.92. The summed E-state index contributed by atoms with van der Waals surface area (Å²) >= 11 is 0. The first-order chi connectivity index (χ1) is 29.1. The Labute approximate surface area is 352 Å². The van der Waals surface area contributed by atoms with Crippen LogP contribution in [0.2, 0.25) is 0 Å². The number of nitriles is 1. The molecule has 0 radical (unpaired) electrons. The van der Waals surface area contributed by atoms with Crippen molar-refractivity contribution in [1.82, 2.24) is 16.0 Å². The largest absolute Gasteiger partial charge is 0.524 e. The second-order valence-corrected chi connectivity index (χ2v) is 15.5. The monoisotopic (exact) mass is 845 g/mol. The summed E-state index contributed by atoms with van der Waals surface area (Å²) in [5.74, 6) is -3.11. The number of amides is 4. The first-order valence-electron chi connectivity index (χ1n) is 19.0. The summed E-state index contributed by atoms with van der Waals surface area (Å²) in [6, 6.07) is 31.5. The number of phosphoric ester groups is 1. The number of esters is 1. The van der Waals surface area contributed by atoms with E-state index in [9.17, 15) is 43.6 Å². The van der Waals surface area contributed by atoms with Gasteiger partial charge in [0.15, 0.2) is 0 Å². The van der Waals surface area contributed by atoms with Gasteiger partial charge >= 0.3 is 13.8 Å². The van der Waals surface area contributed by atoms with Gasteiger partial charge in [0, 0.05) is 29.8 Å². The summed E-state index contributed by atoms with van der Waals surface area (Å²) in [6.07, 6.45) is 0.0954. The summed E-state index contributed by atoms with van der Waals surface area (Å²) < 4.78 is 20.9. The summed E-state index contributed by atoms with van der Waals surface area (Å²) in [5, 5.41) is 20.5. The molecule has 0 saturated heterocycles. The highest BCUT2D eigenvalue weighted by Gasteiger charge is 2.29. The van der Waals surface area contributed by atoms with Gasteiger partial charge in [0.25, 0.3) is 11.8 Å². The van der Waals surface area contributed by atoms with Crippen LogP contribution in [0.5, 0.6) is 5.75 Å². The molecule has 0 bridgehead atoms. The van der Waals surface area contributed by atoms with Crippen LogP contribution < -0.4 is 25.8 Å². The highest BCUT2D eigenvalue weighted by atomic mass is 31.2. The van der Waals surface area contributed by atoms with Crippen LogP contribution in [0.25, 0.3) is 11.1 Å². The fourth-order valence-corrected chi connectivity index (χ4v) is 6.67. The molecule has 0 aliphatic rings. The van der Waals surface area contributed by atoms with E-state index >= 15 is 0 Å². The number of ether oxygens (including phenoxy) is 1. The smallest absolute Gasteiger partial charge is 0.465 e. The molecule has 0 unspecified atom stereocenters. The molecule has 4 amide bonds. The number of carbonyl (C=O) groups is 5. The van der Waals surface area contributed by atoms with Crippen molar-refractivity contribution < 1.29 is 47.6 Å². The summed E-state index contributed by atoms with van der Waals surface area (Å²) in [7, 11) is -3.57. The zero-order valence-corrected chi connectivity index (χ0v) is 34.3. The van der Waals surface area contributed by atoms with Crippen molar-refractivity contribution in [1.29, 1.82) is 5.26 Å². The van der Waals surface area contributed by atoms with Crippen molar-refractivity contribution in [2.45, 2.75) is 45.3 Å². The lowest BCUT2D eigenvalue weighted by Crippen LogP contribution is -2.53. The van der Waals surface area contributed by atoms with Crippen LogP contribution in [0.4, 0.5) is 5.69 Å². The van der Waals surface area contributed by atoms with Crippen LogP contribution in [0.3, 0.4) is 0 Å². The van der Waals surface area contributed by atoms with Gasteiger partial charge in [0.1, 0.15) is 17.8 Å². The molecule has 0 spiro atoms. The van der Waals surface area contributed by atoms with Gasteiger partial charge in [-0.05, 0) is 101 Å². The molecule has 61 heavy (non-hydrogen) atoms. The third-order valence-electron chi connectivity index (χ3n) is 9.25. The van der Waals surface area contributed by atoms with Gasteiger partial charge in [-0.15, -0.1) is 0 Å². The zero-order valence-electron chi connectivity index (χ0n) is 33.5. The van der Waals surface area contributed by atoms with Gasteiger partial charge in [0.2, 0.25) is 11.8 Å². The van der Waals surface area contributed by atoms with E-state index < -0.39 is 49.5 Å². The highest BCUT2D eigenvalue weighted by molar-refractivity contribution is 7.46. The lowest BCUT2D eigenvalue weighted by molar-refractivity contribution is -0.128. The third kappa shape index (κ3) is 13.2. The molecule has 0 heterocycles. The topological polar surface area (TPSA) is 233 Å². The molecule has 0 fully saturated rings. The number of nitrogens with one attached hydrogen (secondary N) is 4. The summed E-state index contributed by atoms with van der Waals surface area (Å²) in [6.45, 7) is 3.99. The molecule has 15 nitrogen and oxygen atoms in total. The Bertz CT molecular complexity index is 2460. The van der Waals surface area contributed by atoms with E-state index in [-0.39, 0.29) is 53.4 Å². The number of methoxy groups -OCH3 is 1. The number of phosphoric acid groups is 1. The first-order valence-corrected chi connectivity index (χ1v) is 20.6. The van der Waals surface area contributed by atoms with Crippen molar-refractivity contribution in [2.75, 3.05) is 12.4 Å². The molecule has 0 aromatic heterocycles. The molecule has 2 atom stereocenters. The van der Waals surface area contributed by atoms with Crippen molar-refractivity contribution in [3.05, 3.63) is 155 Å². The molecular formula is C45H44N5O10P. The van der Waals surface area contributed by atoms with E-state index in [0.717, 1.165) is 5.56 Å². The average molecular weight is 846 g/mol. The molecule has 0 saturated carbocycles. The quantitative estimate of drug-likeness (QED) is 0.0475. The molecule has 5 aromatic rings. The van der Waals surface area contributed by atoms with Crippen LogP contribution in [0.15, 0.2) is 121 Å². The Balaban J connectivity index is 1.42. The van der Waals surface area contributed by atoms with Gasteiger partial charge < -0.3 is 30.5 Å². The van der Waals surface area contributed by atoms with Crippen LogP contribution in [-0.2, 0) is 31.9 Å². The van der Waals surface area contributed by atoms with Crippen molar-refractivity contribution >= 4 is 43.1 Å².